The first-order valence-corrected chi connectivity index (χ1v) is 9.16. The van der Waals surface area contributed by atoms with Crippen molar-refractivity contribution in [3.05, 3.63) is 34.5 Å². The zero-order valence-electron chi connectivity index (χ0n) is 12.1. The summed E-state index contributed by atoms with van der Waals surface area (Å²) in [6, 6.07) is 6.46. The third-order valence-electron chi connectivity index (χ3n) is 4.46. The van der Waals surface area contributed by atoms with E-state index in [0.29, 0.717) is 6.04 Å². The van der Waals surface area contributed by atoms with Gasteiger partial charge in [0.1, 0.15) is 0 Å². The van der Waals surface area contributed by atoms with Gasteiger partial charge in [0.25, 0.3) is 0 Å². The summed E-state index contributed by atoms with van der Waals surface area (Å²) in [4.78, 5) is 15.5. The third-order valence-corrected chi connectivity index (χ3v) is 5.97. The van der Waals surface area contributed by atoms with Crippen LogP contribution in [0.3, 0.4) is 0 Å². The largest absolute Gasteiger partial charge is 0.358 e. The minimum absolute atomic E-state index is 0.0309. The van der Waals surface area contributed by atoms with Gasteiger partial charge in [0.2, 0.25) is 0 Å². The lowest BCUT2D eigenvalue weighted by Crippen LogP contribution is -2.51. The molecule has 116 valence electrons. The monoisotopic (exact) mass is 335 g/mol. The topological polar surface area (TPSA) is 56.9 Å². The Balaban J connectivity index is 1.49. The molecule has 1 aliphatic carbocycles. The van der Waals surface area contributed by atoms with Crippen molar-refractivity contribution in [1.29, 1.82) is 0 Å². The van der Waals surface area contributed by atoms with Crippen molar-refractivity contribution in [1.82, 2.24) is 15.6 Å². The van der Waals surface area contributed by atoms with Gasteiger partial charge in [0.05, 0.1) is 0 Å². The van der Waals surface area contributed by atoms with Crippen molar-refractivity contribution >= 4 is 40.3 Å². The fourth-order valence-corrected chi connectivity index (χ4v) is 4.05. The second kappa shape index (κ2) is 5.70. The number of amides is 2. The van der Waals surface area contributed by atoms with Crippen molar-refractivity contribution in [3.8, 4) is 0 Å². The van der Waals surface area contributed by atoms with Crippen LogP contribution in [0.15, 0.2) is 18.2 Å². The van der Waals surface area contributed by atoms with E-state index < -0.39 is 0 Å². The van der Waals surface area contributed by atoms with Crippen LogP contribution in [0.5, 0.6) is 0 Å². The van der Waals surface area contributed by atoms with Crippen LogP contribution in [0.2, 0.25) is 5.02 Å². The van der Waals surface area contributed by atoms with Gasteiger partial charge >= 0.3 is 6.03 Å². The predicted octanol–water partition coefficient (Wildman–Crippen LogP) is 3.09. The first-order valence-electron chi connectivity index (χ1n) is 7.63. The minimum Gasteiger partial charge on any atom is -0.358 e. The summed E-state index contributed by atoms with van der Waals surface area (Å²) in [5, 5.41) is 8.09. The number of H-pyrrole nitrogens is 1. The molecule has 3 N–H and O–H groups in total. The number of thioether (sulfide) groups is 1. The second-order valence-electron chi connectivity index (χ2n) is 6.06. The molecule has 0 radical (unpaired) electrons. The highest BCUT2D eigenvalue weighted by Crippen LogP contribution is 2.31. The van der Waals surface area contributed by atoms with E-state index >= 15 is 0 Å². The number of fused-ring (bicyclic) bond motifs is 3. The number of halogens is 1. The molecule has 0 saturated carbocycles. The number of rotatable bonds is 2. The van der Waals surface area contributed by atoms with Gasteiger partial charge in [-0.15, -0.1) is 0 Å². The van der Waals surface area contributed by atoms with Gasteiger partial charge in [-0.1, -0.05) is 11.6 Å². The fourth-order valence-electron chi connectivity index (χ4n) is 3.24. The lowest BCUT2D eigenvalue weighted by atomic mass is 9.91. The number of carbonyl (C=O) groups is 1. The molecule has 1 saturated heterocycles. The minimum atomic E-state index is -0.0309. The third kappa shape index (κ3) is 2.68. The zero-order valence-corrected chi connectivity index (χ0v) is 13.7. The lowest BCUT2D eigenvalue weighted by molar-refractivity contribution is 0.233. The Morgan fingerprint density at radius 1 is 1.27 bits per heavy atom. The number of hydrogen-bond donors (Lipinski definition) is 3. The van der Waals surface area contributed by atoms with Crippen LogP contribution in [-0.4, -0.2) is 34.6 Å². The van der Waals surface area contributed by atoms with Crippen molar-refractivity contribution in [2.75, 3.05) is 11.5 Å². The summed E-state index contributed by atoms with van der Waals surface area (Å²) in [5.41, 5.74) is 3.71. The van der Waals surface area contributed by atoms with Crippen molar-refractivity contribution in [3.63, 3.8) is 0 Å². The first kappa shape index (κ1) is 14.3. The molecular weight excluding hydrogens is 318 g/mol. The Kier molecular flexibility index (Phi) is 3.70. The summed E-state index contributed by atoms with van der Waals surface area (Å²) in [6.45, 7) is 0. The van der Waals surface area contributed by atoms with Crippen molar-refractivity contribution in [2.24, 2.45) is 0 Å². The molecule has 2 heterocycles. The molecule has 1 atom stereocenters. The van der Waals surface area contributed by atoms with Gasteiger partial charge in [0.15, 0.2) is 0 Å². The van der Waals surface area contributed by atoms with Crippen LogP contribution in [0, 0.1) is 0 Å². The van der Waals surface area contributed by atoms with E-state index in [0.717, 1.165) is 41.3 Å². The molecule has 4 rings (SSSR count). The Hall–Kier alpha value is -1.33. The molecule has 22 heavy (non-hydrogen) atoms. The lowest BCUT2D eigenvalue weighted by Gasteiger charge is -2.28. The molecule has 1 aromatic heterocycles. The van der Waals surface area contributed by atoms with Gasteiger partial charge < -0.3 is 15.6 Å². The molecule has 6 heteroatoms. The molecule has 2 aliphatic rings. The molecule has 1 aromatic carbocycles. The predicted molar refractivity (Wildman–Crippen MR) is 91.9 cm³/mol. The molecule has 1 fully saturated rings. The highest BCUT2D eigenvalue weighted by molar-refractivity contribution is 8.00. The molecule has 1 aliphatic heterocycles. The van der Waals surface area contributed by atoms with Crippen molar-refractivity contribution < 1.29 is 4.79 Å². The normalized spacial score (nSPS) is 21.2. The Morgan fingerprint density at radius 2 is 2.09 bits per heavy atom. The molecule has 0 spiro atoms. The average molecular weight is 336 g/mol. The summed E-state index contributed by atoms with van der Waals surface area (Å²) in [6.07, 6.45) is 2.80. The second-order valence-corrected chi connectivity index (χ2v) is 7.58. The van der Waals surface area contributed by atoms with Crippen LogP contribution in [-0.2, 0) is 12.8 Å². The summed E-state index contributed by atoms with van der Waals surface area (Å²) >= 11 is 7.99. The maximum atomic E-state index is 12.0. The number of carbonyl (C=O) groups excluding carboxylic acids is 1. The highest BCUT2D eigenvalue weighted by atomic mass is 35.5. The SMILES string of the molecule is O=C(NC1CSC1)NC1CCc2[nH]c3ccc(Cl)cc3c2C1. The Labute approximate surface area is 138 Å². The van der Waals surface area contributed by atoms with Gasteiger partial charge in [-0.2, -0.15) is 11.8 Å². The first-order chi connectivity index (χ1) is 10.7. The van der Waals surface area contributed by atoms with Gasteiger partial charge in [-0.25, -0.2) is 4.79 Å². The van der Waals surface area contributed by atoms with Crippen LogP contribution >= 0.6 is 23.4 Å². The van der Waals surface area contributed by atoms with Crippen LogP contribution in [0.25, 0.3) is 10.9 Å². The van der Waals surface area contributed by atoms with E-state index in [2.05, 4.69) is 15.6 Å². The van der Waals surface area contributed by atoms with Gasteiger partial charge in [-0.3, -0.25) is 0 Å². The standard InChI is InChI=1S/C16H18ClN3OS/c17-9-1-3-14-12(5-9)13-6-10(2-4-15(13)20-14)18-16(21)19-11-7-22-8-11/h1,3,5,10-11,20H,2,4,6-8H2,(H2,18,19,21). The van der Waals surface area contributed by atoms with E-state index in [1.165, 1.54) is 16.6 Å². The van der Waals surface area contributed by atoms with E-state index in [1.807, 2.05) is 30.0 Å². The molecule has 2 aromatic rings. The van der Waals surface area contributed by atoms with Gasteiger partial charge in [-0.05, 0) is 43.0 Å². The molecule has 0 bridgehead atoms. The van der Waals surface area contributed by atoms with E-state index in [-0.39, 0.29) is 12.1 Å². The van der Waals surface area contributed by atoms with Crippen LogP contribution < -0.4 is 10.6 Å². The number of aromatic nitrogens is 1. The fraction of sp³-hybridized carbons (Fsp3) is 0.438. The number of aryl methyl sites for hydroxylation is 1. The molecule has 4 nitrogen and oxygen atoms in total. The Morgan fingerprint density at radius 3 is 2.86 bits per heavy atom. The van der Waals surface area contributed by atoms with E-state index in [1.54, 1.807) is 0 Å². The summed E-state index contributed by atoms with van der Waals surface area (Å²) in [5.74, 6) is 2.06. The van der Waals surface area contributed by atoms with E-state index in [4.69, 9.17) is 11.6 Å². The number of urea groups is 1. The number of nitrogens with one attached hydrogen (secondary N) is 3. The van der Waals surface area contributed by atoms with Crippen LogP contribution in [0.1, 0.15) is 17.7 Å². The van der Waals surface area contributed by atoms with E-state index in [9.17, 15) is 4.79 Å². The Bertz CT molecular complexity index is 725. The number of benzene rings is 1. The van der Waals surface area contributed by atoms with Crippen LogP contribution in [0.4, 0.5) is 4.79 Å². The smallest absolute Gasteiger partial charge is 0.315 e. The van der Waals surface area contributed by atoms with Crippen molar-refractivity contribution in [2.45, 2.75) is 31.3 Å². The number of hydrogen-bond acceptors (Lipinski definition) is 2. The molecular formula is C16H18ClN3OS. The highest BCUT2D eigenvalue weighted by Gasteiger charge is 2.25. The van der Waals surface area contributed by atoms with Gasteiger partial charge in [0, 0.05) is 45.2 Å². The maximum Gasteiger partial charge on any atom is 0.315 e. The zero-order chi connectivity index (χ0) is 15.1. The number of aromatic amines is 1. The summed E-state index contributed by atoms with van der Waals surface area (Å²) < 4.78 is 0. The quantitative estimate of drug-likeness (QED) is 0.790. The maximum absolute atomic E-state index is 12.0. The summed E-state index contributed by atoms with van der Waals surface area (Å²) in [7, 11) is 0. The molecule has 2 amide bonds. The molecule has 1 unspecified atom stereocenters. The average Bonchev–Trinajstić information content (AvgIpc) is 2.80.